The number of thioether (sulfide) groups is 1. The van der Waals surface area contributed by atoms with Gasteiger partial charge in [-0.05, 0) is 40.5 Å². The summed E-state index contributed by atoms with van der Waals surface area (Å²) in [6.07, 6.45) is 4.55. The van der Waals surface area contributed by atoms with Crippen LogP contribution in [0.15, 0.2) is 95.0 Å². The van der Waals surface area contributed by atoms with E-state index in [2.05, 4.69) is 82.4 Å². The van der Waals surface area contributed by atoms with E-state index in [4.69, 9.17) is 4.55 Å². The summed E-state index contributed by atoms with van der Waals surface area (Å²) in [5, 5.41) is 3.45. The number of pyridine rings is 1. The van der Waals surface area contributed by atoms with Crippen LogP contribution in [-0.4, -0.2) is 25.3 Å². The lowest BCUT2D eigenvalue weighted by atomic mass is 9.98. The van der Waals surface area contributed by atoms with E-state index in [1.54, 1.807) is 11.8 Å². The first-order valence-electron chi connectivity index (χ1n) is 11.1. The summed E-state index contributed by atoms with van der Waals surface area (Å²) in [6.45, 7) is 0.502. The average Bonchev–Trinajstić information content (AvgIpc) is 3.16. The Kier molecular flexibility index (Phi) is 6.16. The Morgan fingerprint density at radius 2 is 1.76 bits per heavy atom. The van der Waals surface area contributed by atoms with Gasteiger partial charge in [0.2, 0.25) is 5.69 Å². The number of aryl methyl sites for hydroxylation is 1. The molecule has 34 heavy (non-hydrogen) atoms. The summed E-state index contributed by atoms with van der Waals surface area (Å²) in [5.41, 5.74) is 4.42. The van der Waals surface area contributed by atoms with Crippen molar-refractivity contribution in [3.63, 3.8) is 0 Å². The van der Waals surface area contributed by atoms with Gasteiger partial charge in [0.05, 0.1) is 16.5 Å². The fourth-order valence-corrected chi connectivity index (χ4v) is 5.93. The second-order valence-corrected chi connectivity index (χ2v) is 11.0. The van der Waals surface area contributed by atoms with E-state index in [1.165, 1.54) is 16.3 Å². The second-order valence-electron chi connectivity index (χ2n) is 8.32. The third kappa shape index (κ3) is 4.73. The van der Waals surface area contributed by atoms with Gasteiger partial charge in [-0.25, -0.2) is 4.57 Å². The van der Waals surface area contributed by atoms with Gasteiger partial charge >= 0.3 is 0 Å². The summed E-state index contributed by atoms with van der Waals surface area (Å²) in [6, 6.07) is 27.2. The lowest BCUT2D eigenvalue weighted by Gasteiger charge is -2.20. The molecule has 0 radical (unpaired) electrons. The molecule has 5 nitrogen and oxygen atoms in total. The topological polar surface area (TPSA) is 61.5 Å². The number of fused-ring (bicyclic) bond motifs is 2. The van der Waals surface area contributed by atoms with Crippen molar-refractivity contribution in [2.75, 3.05) is 17.2 Å². The zero-order valence-electron chi connectivity index (χ0n) is 18.8. The summed E-state index contributed by atoms with van der Waals surface area (Å²) in [5.74, 6) is -0.256. The molecule has 0 aliphatic carbocycles. The van der Waals surface area contributed by atoms with Gasteiger partial charge in [0.15, 0.2) is 6.20 Å². The molecule has 1 aliphatic heterocycles. The molecular weight excluding hydrogens is 464 g/mol. The second kappa shape index (κ2) is 9.25. The summed E-state index contributed by atoms with van der Waals surface area (Å²) >= 11 is 1.67. The van der Waals surface area contributed by atoms with E-state index < -0.39 is 10.1 Å². The lowest BCUT2D eigenvalue weighted by molar-refractivity contribution is -0.673. The van der Waals surface area contributed by atoms with Crippen molar-refractivity contribution < 1.29 is 17.5 Å². The molecule has 2 heterocycles. The average molecular weight is 490 g/mol. The van der Waals surface area contributed by atoms with Crippen LogP contribution in [0.25, 0.3) is 28.0 Å². The number of nitrogens with zero attached hydrogens (tertiary/aromatic N) is 2. The van der Waals surface area contributed by atoms with E-state index in [0.29, 0.717) is 13.0 Å². The monoisotopic (exact) mass is 489 g/mol. The third-order valence-electron chi connectivity index (χ3n) is 5.98. The van der Waals surface area contributed by atoms with Crippen molar-refractivity contribution in [1.82, 2.24) is 0 Å². The first-order valence-corrected chi connectivity index (χ1v) is 13.5. The van der Waals surface area contributed by atoms with Crippen molar-refractivity contribution >= 4 is 44.4 Å². The Hall–Kier alpha value is -3.13. The third-order valence-corrected chi connectivity index (χ3v) is 7.90. The molecule has 0 spiro atoms. The Morgan fingerprint density at radius 3 is 2.62 bits per heavy atom. The molecule has 0 atom stereocenters. The summed E-state index contributed by atoms with van der Waals surface area (Å²) < 4.78 is 33.7. The van der Waals surface area contributed by atoms with Gasteiger partial charge in [0.25, 0.3) is 10.1 Å². The van der Waals surface area contributed by atoms with Crippen LogP contribution in [0.2, 0.25) is 0 Å². The van der Waals surface area contributed by atoms with Crippen LogP contribution in [0.3, 0.4) is 0 Å². The Bertz CT molecular complexity index is 1510. The Morgan fingerprint density at radius 1 is 1.00 bits per heavy atom. The smallest absolute Gasteiger partial charge is 0.264 e. The highest BCUT2D eigenvalue weighted by atomic mass is 32.2. The van der Waals surface area contributed by atoms with Crippen molar-refractivity contribution in [2.24, 2.45) is 7.05 Å². The number of para-hydroxylation sites is 1. The van der Waals surface area contributed by atoms with Crippen LogP contribution < -0.4 is 9.47 Å². The van der Waals surface area contributed by atoms with Gasteiger partial charge in [0, 0.05) is 29.6 Å². The van der Waals surface area contributed by atoms with Gasteiger partial charge in [-0.2, -0.15) is 8.42 Å². The fourth-order valence-electron chi connectivity index (χ4n) is 4.30. The van der Waals surface area contributed by atoms with Crippen molar-refractivity contribution in [2.45, 2.75) is 11.3 Å². The van der Waals surface area contributed by atoms with Crippen LogP contribution >= 0.6 is 11.8 Å². The molecule has 0 bridgehead atoms. The predicted octanol–water partition coefficient (Wildman–Crippen LogP) is 5.52. The fraction of sp³-hybridized carbons (Fsp3) is 0.148. The number of hydrogen-bond acceptors (Lipinski definition) is 4. The molecule has 0 saturated carbocycles. The number of anilines is 1. The van der Waals surface area contributed by atoms with E-state index in [1.807, 2.05) is 25.2 Å². The highest BCUT2D eigenvalue weighted by Crippen LogP contribution is 2.46. The minimum atomic E-state index is -3.99. The van der Waals surface area contributed by atoms with Gasteiger partial charge in [-0.15, -0.1) is 0 Å². The highest BCUT2D eigenvalue weighted by molar-refractivity contribution is 8.03. The van der Waals surface area contributed by atoms with E-state index in [-0.39, 0.29) is 5.75 Å². The molecule has 0 saturated heterocycles. The molecule has 7 heteroatoms. The van der Waals surface area contributed by atoms with Crippen molar-refractivity contribution in [3.8, 4) is 11.1 Å². The van der Waals surface area contributed by atoms with Crippen molar-refractivity contribution in [3.05, 3.63) is 95.8 Å². The number of benzene rings is 3. The molecule has 0 fully saturated rings. The maximum Gasteiger partial charge on any atom is 0.264 e. The first kappa shape index (κ1) is 22.7. The van der Waals surface area contributed by atoms with E-state index in [9.17, 15) is 8.42 Å². The standard InChI is InChI=1S/C27H24N2O3S2/c1-28-16-14-21(24-11-6-9-20-8-2-3-10-23(20)24)18-22(28)19-27-29(15-7-17-34(30,31)32)25-12-4-5-13-26(25)33-27/h2-6,8-14,16,18-19H,7,15,17H2,1H3/p+1. The lowest BCUT2D eigenvalue weighted by Crippen LogP contribution is -2.31. The largest absolute Gasteiger partial charge is 0.335 e. The van der Waals surface area contributed by atoms with Gasteiger partial charge < -0.3 is 4.90 Å². The molecular formula is C27H25N2O3S2+. The summed E-state index contributed by atoms with van der Waals surface area (Å²) in [4.78, 5) is 3.27. The van der Waals surface area contributed by atoms with Gasteiger partial charge in [-0.3, -0.25) is 4.55 Å². The Labute approximate surface area is 204 Å². The SMILES string of the molecule is C[n+]1ccc(-c2cccc3ccccc23)cc1/C=C1\Sc2ccccc2N1CCCS(=O)(=O)O. The maximum atomic E-state index is 11.2. The molecule has 0 unspecified atom stereocenters. The first-order chi connectivity index (χ1) is 16.4. The summed E-state index contributed by atoms with van der Waals surface area (Å²) in [7, 11) is -1.97. The molecule has 1 aliphatic rings. The zero-order valence-corrected chi connectivity index (χ0v) is 20.4. The van der Waals surface area contributed by atoms with Gasteiger partial charge in [-0.1, -0.05) is 66.4 Å². The number of rotatable bonds is 6. The molecule has 0 amide bonds. The predicted molar refractivity (Wildman–Crippen MR) is 139 cm³/mol. The molecule has 4 aromatic rings. The highest BCUT2D eigenvalue weighted by Gasteiger charge is 2.26. The van der Waals surface area contributed by atoms with E-state index in [0.717, 1.165) is 26.9 Å². The molecule has 1 aromatic heterocycles. The minimum absolute atomic E-state index is 0.256. The van der Waals surface area contributed by atoms with Gasteiger partial charge in [0.1, 0.15) is 7.05 Å². The van der Waals surface area contributed by atoms with Crippen LogP contribution in [0.5, 0.6) is 0 Å². The quantitative estimate of drug-likeness (QED) is 0.285. The van der Waals surface area contributed by atoms with Crippen molar-refractivity contribution in [1.29, 1.82) is 0 Å². The molecule has 5 rings (SSSR count). The van der Waals surface area contributed by atoms with Crippen LogP contribution in [-0.2, 0) is 17.2 Å². The maximum absolute atomic E-state index is 11.2. The molecule has 1 N–H and O–H groups in total. The van der Waals surface area contributed by atoms with Crippen LogP contribution in [0.4, 0.5) is 5.69 Å². The molecule has 3 aromatic carbocycles. The van der Waals surface area contributed by atoms with E-state index >= 15 is 0 Å². The number of aromatic nitrogens is 1. The molecule has 172 valence electrons. The Balaban J connectivity index is 1.53. The van der Waals surface area contributed by atoms with Crippen LogP contribution in [0.1, 0.15) is 12.1 Å². The minimum Gasteiger partial charge on any atom is -0.335 e. The normalized spacial score (nSPS) is 14.6. The zero-order chi connectivity index (χ0) is 23.7. The number of hydrogen-bond donors (Lipinski definition) is 1. The van der Waals surface area contributed by atoms with Crippen LogP contribution in [0, 0.1) is 0 Å².